The molecule has 0 radical (unpaired) electrons. The number of hydrogen-bond donors (Lipinski definition) is 2. The van der Waals surface area contributed by atoms with Crippen molar-refractivity contribution in [1.29, 1.82) is 0 Å². The second-order valence-corrected chi connectivity index (χ2v) is 8.20. The van der Waals surface area contributed by atoms with E-state index in [1.165, 1.54) is 11.1 Å². The largest absolute Gasteiger partial charge is 0.504 e. The fourth-order valence-corrected chi connectivity index (χ4v) is 4.36. The molecule has 32 heavy (non-hydrogen) atoms. The summed E-state index contributed by atoms with van der Waals surface area (Å²) in [7, 11) is 0. The van der Waals surface area contributed by atoms with E-state index >= 15 is 0 Å². The van der Waals surface area contributed by atoms with Gasteiger partial charge in [-0.3, -0.25) is 4.90 Å². The Morgan fingerprint density at radius 2 is 1.31 bits per heavy atom. The SMILES string of the molecule is Oc1cc2c(cc1O)CN(Cc1ccccc1)C(c1ccc(Oc3ccccc3)cc1)C2. The van der Waals surface area contributed by atoms with E-state index < -0.39 is 0 Å². The molecule has 5 rings (SSSR count). The smallest absolute Gasteiger partial charge is 0.157 e. The third-order valence-electron chi connectivity index (χ3n) is 6.00. The maximum atomic E-state index is 10.0. The molecular formula is C28H25NO3. The molecule has 1 atom stereocenters. The molecule has 0 aliphatic carbocycles. The maximum absolute atomic E-state index is 10.0. The van der Waals surface area contributed by atoms with Crippen LogP contribution in [0.4, 0.5) is 0 Å². The van der Waals surface area contributed by atoms with Crippen LogP contribution in [0.3, 0.4) is 0 Å². The Bertz CT molecular complexity index is 1190. The number of para-hydroxylation sites is 1. The van der Waals surface area contributed by atoms with Gasteiger partial charge < -0.3 is 14.9 Å². The minimum absolute atomic E-state index is 0.0642. The van der Waals surface area contributed by atoms with E-state index in [0.717, 1.165) is 35.6 Å². The maximum Gasteiger partial charge on any atom is 0.157 e. The lowest BCUT2D eigenvalue weighted by molar-refractivity contribution is 0.162. The van der Waals surface area contributed by atoms with Crippen LogP contribution >= 0.6 is 0 Å². The first-order chi connectivity index (χ1) is 15.7. The van der Waals surface area contributed by atoms with E-state index in [2.05, 4.69) is 41.3 Å². The zero-order valence-electron chi connectivity index (χ0n) is 17.7. The minimum atomic E-state index is -0.0655. The highest BCUT2D eigenvalue weighted by Crippen LogP contribution is 2.39. The average Bonchev–Trinajstić information content (AvgIpc) is 2.82. The molecule has 4 heteroatoms. The molecule has 0 spiro atoms. The Balaban J connectivity index is 1.44. The monoisotopic (exact) mass is 423 g/mol. The quantitative estimate of drug-likeness (QED) is 0.376. The van der Waals surface area contributed by atoms with E-state index in [1.54, 1.807) is 12.1 Å². The molecule has 0 amide bonds. The van der Waals surface area contributed by atoms with Gasteiger partial charge in [0, 0.05) is 19.1 Å². The second kappa shape index (κ2) is 8.77. The van der Waals surface area contributed by atoms with Crippen LogP contribution in [0.5, 0.6) is 23.0 Å². The molecule has 1 heterocycles. The molecule has 0 bridgehead atoms. The zero-order chi connectivity index (χ0) is 21.9. The third kappa shape index (κ3) is 4.32. The second-order valence-electron chi connectivity index (χ2n) is 8.20. The van der Waals surface area contributed by atoms with Crippen LogP contribution in [0.15, 0.2) is 97.1 Å². The van der Waals surface area contributed by atoms with Crippen molar-refractivity contribution in [3.05, 3.63) is 119 Å². The lowest BCUT2D eigenvalue weighted by atomic mass is 9.89. The van der Waals surface area contributed by atoms with Gasteiger partial charge in [0.15, 0.2) is 11.5 Å². The van der Waals surface area contributed by atoms with Gasteiger partial charge in [-0.25, -0.2) is 0 Å². The molecule has 0 saturated carbocycles. The summed E-state index contributed by atoms with van der Waals surface area (Å²) in [6, 6.07) is 32.0. The summed E-state index contributed by atoms with van der Waals surface area (Å²) in [4.78, 5) is 2.42. The van der Waals surface area contributed by atoms with Gasteiger partial charge in [-0.05, 0) is 65.1 Å². The first-order valence-corrected chi connectivity index (χ1v) is 10.8. The van der Waals surface area contributed by atoms with Crippen molar-refractivity contribution in [3.63, 3.8) is 0 Å². The van der Waals surface area contributed by atoms with E-state index in [0.29, 0.717) is 6.54 Å². The van der Waals surface area contributed by atoms with Crippen molar-refractivity contribution >= 4 is 0 Å². The topological polar surface area (TPSA) is 52.9 Å². The normalized spacial score (nSPS) is 15.8. The summed E-state index contributed by atoms with van der Waals surface area (Å²) < 4.78 is 5.95. The van der Waals surface area contributed by atoms with Gasteiger partial charge in [0.25, 0.3) is 0 Å². The summed E-state index contributed by atoms with van der Waals surface area (Å²) in [5.74, 6) is 1.48. The number of ether oxygens (including phenoxy) is 1. The predicted molar refractivity (Wildman–Crippen MR) is 125 cm³/mol. The van der Waals surface area contributed by atoms with Gasteiger partial charge >= 0.3 is 0 Å². The molecule has 4 aromatic carbocycles. The summed E-state index contributed by atoms with van der Waals surface area (Å²) >= 11 is 0. The van der Waals surface area contributed by atoms with Crippen molar-refractivity contribution in [2.24, 2.45) is 0 Å². The highest BCUT2D eigenvalue weighted by atomic mass is 16.5. The zero-order valence-corrected chi connectivity index (χ0v) is 17.7. The van der Waals surface area contributed by atoms with Crippen LogP contribution < -0.4 is 4.74 Å². The number of aromatic hydroxyl groups is 2. The van der Waals surface area contributed by atoms with Crippen LogP contribution in [-0.2, 0) is 19.5 Å². The molecule has 4 nitrogen and oxygen atoms in total. The number of fused-ring (bicyclic) bond motifs is 1. The number of hydrogen-bond acceptors (Lipinski definition) is 4. The van der Waals surface area contributed by atoms with E-state index in [4.69, 9.17) is 4.74 Å². The Morgan fingerprint density at radius 1 is 0.719 bits per heavy atom. The number of benzene rings is 4. The van der Waals surface area contributed by atoms with Crippen LogP contribution in [0.25, 0.3) is 0 Å². The molecular weight excluding hydrogens is 398 g/mol. The van der Waals surface area contributed by atoms with Gasteiger partial charge in [-0.15, -0.1) is 0 Å². The van der Waals surface area contributed by atoms with E-state index in [9.17, 15) is 10.2 Å². The lowest BCUT2D eigenvalue weighted by Crippen LogP contribution is -2.33. The molecule has 1 unspecified atom stereocenters. The summed E-state index contributed by atoms with van der Waals surface area (Å²) in [5, 5.41) is 20.0. The van der Waals surface area contributed by atoms with Crippen LogP contribution in [0.2, 0.25) is 0 Å². The highest BCUT2D eigenvalue weighted by Gasteiger charge is 2.28. The first kappa shape index (κ1) is 20.2. The van der Waals surface area contributed by atoms with Crippen molar-refractivity contribution < 1.29 is 14.9 Å². The summed E-state index contributed by atoms with van der Waals surface area (Å²) in [5.41, 5.74) is 4.56. The Morgan fingerprint density at radius 3 is 2.00 bits per heavy atom. The molecule has 160 valence electrons. The van der Waals surface area contributed by atoms with Gasteiger partial charge in [-0.2, -0.15) is 0 Å². The number of phenols is 2. The van der Waals surface area contributed by atoms with Crippen molar-refractivity contribution in [2.45, 2.75) is 25.6 Å². The summed E-state index contributed by atoms with van der Waals surface area (Å²) in [6.45, 7) is 1.50. The number of nitrogens with zero attached hydrogens (tertiary/aromatic N) is 1. The fraction of sp³-hybridized carbons (Fsp3) is 0.143. The minimum Gasteiger partial charge on any atom is -0.504 e. The molecule has 4 aromatic rings. The van der Waals surface area contributed by atoms with Gasteiger partial charge in [0.05, 0.1) is 0 Å². The Labute approximate surface area is 188 Å². The number of rotatable bonds is 5. The van der Waals surface area contributed by atoms with Crippen LogP contribution in [0, 0.1) is 0 Å². The van der Waals surface area contributed by atoms with Gasteiger partial charge in [0.1, 0.15) is 11.5 Å². The molecule has 2 N–H and O–H groups in total. The standard InChI is InChI=1S/C28H25NO3/c30-27-16-22-15-26(21-11-13-25(14-12-21)32-24-9-5-2-6-10-24)29(19-23(22)17-28(27)31)18-20-7-3-1-4-8-20/h1-14,16-17,26,30-31H,15,18-19H2. The molecule has 1 aliphatic rings. The molecule has 0 saturated heterocycles. The number of phenolic OH excluding ortho intramolecular Hbond substituents is 2. The van der Waals surface area contributed by atoms with Gasteiger partial charge in [-0.1, -0.05) is 60.7 Å². The van der Waals surface area contributed by atoms with Crippen molar-refractivity contribution in [3.8, 4) is 23.0 Å². The van der Waals surface area contributed by atoms with Gasteiger partial charge in [0.2, 0.25) is 0 Å². The third-order valence-corrected chi connectivity index (χ3v) is 6.00. The van der Waals surface area contributed by atoms with E-state index in [-0.39, 0.29) is 17.5 Å². The van der Waals surface area contributed by atoms with E-state index in [1.807, 2.05) is 48.5 Å². The Kier molecular flexibility index (Phi) is 5.53. The Hall–Kier alpha value is -3.76. The molecule has 0 aromatic heterocycles. The van der Waals surface area contributed by atoms with Crippen molar-refractivity contribution in [2.75, 3.05) is 0 Å². The van der Waals surface area contributed by atoms with Crippen LogP contribution in [0.1, 0.15) is 28.3 Å². The summed E-state index contributed by atoms with van der Waals surface area (Å²) in [6.07, 6.45) is 0.759. The lowest BCUT2D eigenvalue weighted by Gasteiger charge is -2.37. The molecule has 1 aliphatic heterocycles. The predicted octanol–water partition coefficient (Wildman–Crippen LogP) is 6.19. The molecule has 0 fully saturated rings. The fourth-order valence-electron chi connectivity index (χ4n) is 4.36. The average molecular weight is 424 g/mol. The van der Waals surface area contributed by atoms with Crippen molar-refractivity contribution in [1.82, 2.24) is 4.90 Å². The van der Waals surface area contributed by atoms with Crippen LogP contribution in [-0.4, -0.2) is 15.1 Å². The first-order valence-electron chi connectivity index (χ1n) is 10.8. The highest BCUT2D eigenvalue weighted by molar-refractivity contribution is 5.47.